The summed E-state index contributed by atoms with van der Waals surface area (Å²) in [5, 5.41) is 0. The summed E-state index contributed by atoms with van der Waals surface area (Å²) in [6.45, 7) is 4.85. The SMILES string of the molecule is COC(=O)CCCCCCC(=O)OCOC(=O)C(C)(C)C. The highest BCUT2D eigenvalue weighted by molar-refractivity contribution is 5.75. The lowest BCUT2D eigenvalue weighted by atomic mass is 9.98. The van der Waals surface area contributed by atoms with Gasteiger partial charge in [-0.1, -0.05) is 12.8 Å². The van der Waals surface area contributed by atoms with Crippen LogP contribution in [0.25, 0.3) is 0 Å². The van der Waals surface area contributed by atoms with Gasteiger partial charge in [0.05, 0.1) is 12.5 Å². The molecule has 21 heavy (non-hydrogen) atoms. The van der Waals surface area contributed by atoms with Crippen LogP contribution in [0.1, 0.15) is 59.3 Å². The van der Waals surface area contributed by atoms with Crippen LogP contribution in [0.15, 0.2) is 0 Å². The van der Waals surface area contributed by atoms with Gasteiger partial charge in [-0.3, -0.25) is 14.4 Å². The first kappa shape index (κ1) is 19.4. The van der Waals surface area contributed by atoms with E-state index in [1.165, 1.54) is 7.11 Å². The lowest BCUT2D eigenvalue weighted by Crippen LogP contribution is -2.24. The van der Waals surface area contributed by atoms with E-state index >= 15 is 0 Å². The molecule has 0 bridgehead atoms. The van der Waals surface area contributed by atoms with Crippen molar-refractivity contribution in [2.45, 2.75) is 59.3 Å². The number of unbranched alkanes of at least 4 members (excludes halogenated alkanes) is 3. The van der Waals surface area contributed by atoms with Gasteiger partial charge < -0.3 is 14.2 Å². The van der Waals surface area contributed by atoms with Crippen LogP contribution in [-0.2, 0) is 28.6 Å². The highest BCUT2D eigenvalue weighted by Gasteiger charge is 2.23. The van der Waals surface area contributed by atoms with E-state index in [1.54, 1.807) is 20.8 Å². The predicted molar refractivity (Wildman–Crippen MR) is 76.2 cm³/mol. The molecule has 0 heterocycles. The lowest BCUT2D eigenvalue weighted by Gasteiger charge is -2.16. The van der Waals surface area contributed by atoms with Crippen LogP contribution in [0.5, 0.6) is 0 Å². The molecule has 0 N–H and O–H groups in total. The van der Waals surface area contributed by atoms with Crippen molar-refractivity contribution in [3.63, 3.8) is 0 Å². The van der Waals surface area contributed by atoms with Gasteiger partial charge in [0, 0.05) is 12.8 Å². The molecular weight excluding hydrogens is 276 g/mol. The maximum absolute atomic E-state index is 11.4. The van der Waals surface area contributed by atoms with Crippen molar-refractivity contribution in [3.8, 4) is 0 Å². The molecule has 0 aromatic heterocycles. The number of rotatable bonds is 9. The predicted octanol–water partition coefficient (Wildman–Crippen LogP) is 2.59. The van der Waals surface area contributed by atoms with Crippen LogP contribution < -0.4 is 0 Å². The van der Waals surface area contributed by atoms with Gasteiger partial charge in [0.25, 0.3) is 0 Å². The zero-order chi connectivity index (χ0) is 16.3. The van der Waals surface area contributed by atoms with Gasteiger partial charge in [0.15, 0.2) is 0 Å². The average Bonchev–Trinajstić information content (AvgIpc) is 2.41. The fourth-order valence-corrected chi connectivity index (χ4v) is 1.43. The molecule has 0 aromatic carbocycles. The first-order valence-electron chi connectivity index (χ1n) is 7.17. The second-order valence-electron chi connectivity index (χ2n) is 5.81. The zero-order valence-corrected chi connectivity index (χ0v) is 13.4. The van der Waals surface area contributed by atoms with Crippen molar-refractivity contribution in [1.29, 1.82) is 0 Å². The molecular formula is C15H26O6. The molecule has 6 heteroatoms. The number of carbonyl (C=O) groups excluding carboxylic acids is 3. The van der Waals surface area contributed by atoms with Gasteiger partial charge in [0.2, 0.25) is 6.79 Å². The van der Waals surface area contributed by atoms with Crippen LogP contribution >= 0.6 is 0 Å². The number of esters is 3. The zero-order valence-electron chi connectivity index (χ0n) is 13.4. The van der Waals surface area contributed by atoms with Crippen molar-refractivity contribution >= 4 is 17.9 Å². The van der Waals surface area contributed by atoms with Crippen molar-refractivity contribution in [3.05, 3.63) is 0 Å². The molecule has 0 spiro atoms. The second-order valence-corrected chi connectivity index (χ2v) is 5.81. The summed E-state index contributed by atoms with van der Waals surface area (Å²) >= 11 is 0. The minimum absolute atomic E-state index is 0.213. The Kier molecular flexibility index (Phi) is 9.41. The molecule has 0 fully saturated rings. The molecule has 0 radical (unpaired) electrons. The van der Waals surface area contributed by atoms with Gasteiger partial charge in [-0.25, -0.2) is 0 Å². The largest absolute Gasteiger partial charge is 0.469 e. The fourth-order valence-electron chi connectivity index (χ4n) is 1.43. The molecule has 122 valence electrons. The maximum atomic E-state index is 11.4. The standard InChI is InChI=1S/C15H26O6/c1-15(2,3)14(18)21-11-20-13(17)10-8-6-5-7-9-12(16)19-4/h5-11H2,1-4H3. The van der Waals surface area contributed by atoms with Crippen molar-refractivity contribution in [1.82, 2.24) is 0 Å². The van der Waals surface area contributed by atoms with Gasteiger partial charge >= 0.3 is 17.9 Å². The Labute approximate surface area is 126 Å². The van der Waals surface area contributed by atoms with E-state index < -0.39 is 11.4 Å². The van der Waals surface area contributed by atoms with Gasteiger partial charge in [-0.05, 0) is 33.6 Å². The van der Waals surface area contributed by atoms with Gasteiger partial charge in [0.1, 0.15) is 0 Å². The van der Waals surface area contributed by atoms with E-state index in [9.17, 15) is 14.4 Å². The minimum atomic E-state index is -0.605. The Morgan fingerprint density at radius 1 is 0.810 bits per heavy atom. The van der Waals surface area contributed by atoms with Crippen molar-refractivity contribution in [2.75, 3.05) is 13.9 Å². The minimum Gasteiger partial charge on any atom is -0.469 e. The average molecular weight is 302 g/mol. The van der Waals surface area contributed by atoms with E-state index in [-0.39, 0.29) is 25.2 Å². The summed E-state index contributed by atoms with van der Waals surface area (Å²) in [4.78, 5) is 33.6. The molecule has 0 aliphatic carbocycles. The number of ether oxygens (including phenoxy) is 3. The Hall–Kier alpha value is -1.59. The molecule has 0 unspecified atom stereocenters. The van der Waals surface area contributed by atoms with E-state index in [2.05, 4.69) is 4.74 Å². The van der Waals surface area contributed by atoms with Crippen LogP contribution in [0.4, 0.5) is 0 Å². The number of hydrogen-bond acceptors (Lipinski definition) is 6. The van der Waals surface area contributed by atoms with Crippen molar-refractivity contribution < 1.29 is 28.6 Å². The Morgan fingerprint density at radius 2 is 1.33 bits per heavy atom. The number of methoxy groups -OCH3 is 1. The molecule has 0 aliphatic heterocycles. The van der Waals surface area contributed by atoms with Crippen molar-refractivity contribution in [2.24, 2.45) is 5.41 Å². The number of carbonyl (C=O) groups is 3. The summed E-state index contributed by atoms with van der Waals surface area (Å²) in [6, 6.07) is 0. The van der Waals surface area contributed by atoms with Gasteiger partial charge in [-0.2, -0.15) is 0 Å². The van der Waals surface area contributed by atoms with E-state index in [1.807, 2.05) is 0 Å². The van der Waals surface area contributed by atoms with Gasteiger partial charge in [-0.15, -0.1) is 0 Å². The second kappa shape index (κ2) is 10.2. The molecule has 0 amide bonds. The first-order valence-corrected chi connectivity index (χ1v) is 7.17. The summed E-state index contributed by atoms with van der Waals surface area (Å²) in [5.41, 5.74) is -0.605. The van der Waals surface area contributed by atoms with Crippen LogP contribution in [0.2, 0.25) is 0 Å². The summed E-state index contributed by atoms with van der Waals surface area (Å²) in [6.07, 6.45) is 3.84. The molecule has 0 aromatic rings. The molecule has 0 aliphatic rings. The first-order chi connectivity index (χ1) is 9.77. The molecule has 0 saturated carbocycles. The smallest absolute Gasteiger partial charge is 0.314 e. The number of hydrogen-bond donors (Lipinski definition) is 0. The summed E-state index contributed by atoms with van der Waals surface area (Å²) in [5.74, 6) is -1.00. The molecule has 0 rings (SSSR count). The summed E-state index contributed by atoms with van der Waals surface area (Å²) in [7, 11) is 1.37. The third-order valence-electron chi connectivity index (χ3n) is 2.76. The van der Waals surface area contributed by atoms with Crippen LogP contribution in [0.3, 0.4) is 0 Å². The Bertz CT molecular complexity index is 343. The quantitative estimate of drug-likeness (QED) is 0.370. The summed E-state index contributed by atoms with van der Waals surface area (Å²) < 4.78 is 14.2. The molecule has 0 atom stereocenters. The maximum Gasteiger partial charge on any atom is 0.314 e. The third-order valence-corrected chi connectivity index (χ3v) is 2.76. The Balaban J connectivity index is 3.51. The molecule has 6 nitrogen and oxygen atoms in total. The van der Waals surface area contributed by atoms with Crippen LogP contribution in [-0.4, -0.2) is 31.8 Å². The highest BCUT2D eigenvalue weighted by Crippen LogP contribution is 2.15. The van der Waals surface area contributed by atoms with E-state index in [0.717, 1.165) is 19.3 Å². The normalized spacial score (nSPS) is 10.9. The fraction of sp³-hybridized carbons (Fsp3) is 0.800. The monoisotopic (exact) mass is 302 g/mol. The van der Waals surface area contributed by atoms with E-state index in [0.29, 0.717) is 12.8 Å². The lowest BCUT2D eigenvalue weighted by molar-refractivity contribution is -0.173. The van der Waals surface area contributed by atoms with E-state index in [4.69, 9.17) is 9.47 Å². The Morgan fingerprint density at radius 3 is 1.81 bits per heavy atom. The molecule has 0 saturated heterocycles. The topological polar surface area (TPSA) is 78.9 Å². The highest BCUT2D eigenvalue weighted by atomic mass is 16.7. The van der Waals surface area contributed by atoms with Crippen LogP contribution in [0, 0.1) is 5.41 Å². The third kappa shape index (κ3) is 10.8.